The molecule has 38 heavy (non-hydrogen) atoms. The smallest absolute Gasteiger partial charge is 0.253 e. The van der Waals surface area contributed by atoms with Gasteiger partial charge in [-0.1, -0.05) is 60.7 Å². The number of fused-ring (bicyclic) bond motifs is 2. The summed E-state index contributed by atoms with van der Waals surface area (Å²) in [7, 11) is 0. The Balaban J connectivity index is 1.45. The zero-order valence-corrected chi connectivity index (χ0v) is 21.5. The minimum absolute atomic E-state index is 0.0188. The predicted octanol–water partition coefficient (Wildman–Crippen LogP) is 2.38. The van der Waals surface area contributed by atoms with Crippen LogP contribution in [0.3, 0.4) is 0 Å². The number of amides is 3. The first-order chi connectivity index (χ1) is 18.4. The van der Waals surface area contributed by atoms with Crippen LogP contribution in [0, 0.1) is 25.7 Å². The zero-order valence-electron chi connectivity index (χ0n) is 21.5. The van der Waals surface area contributed by atoms with Crippen molar-refractivity contribution < 1.29 is 24.2 Å². The van der Waals surface area contributed by atoms with Crippen molar-refractivity contribution in [1.29, 1.82) is 0 Å². The van der Waals surface area contributed by atoms with Crippen LogP contribution in [0.2, 0.25) is 0 Å². The zero-order chi connectivity index (χ0) is 26.6. The number of hydrogen-bond acceptors (Lipinski definition) is 5. The number of β-amino-alcohol motifs (C(OH)–C–C–N with tert-alkyl or cyclic N) is 1. The Morgan fingerprint density at radius 2 is 1.61 bits per heavy atom. The van der Waals surface area contributed by atoms with E-state index in [1.54, 1.807) is 9.80 Å². The molecule has 2 aromatic rings. The van der Waals surface area contributed by atoms with Gasteiger partial charge in [-0.2, -0.15) is 0 Å². The summed E-state index contributed by atoms with van der Waals surface area (Å²) >= 11 is 0. The number of nitrogens with zero attached hydrogens (tertiary/aromatic N) is 3. The number of anilines is 2. The average molecular weight is 514 g/mol. The van der Waals surface area contributed by atoms with Gasteiger partial charge in [0, 0.05) is 31.0 Å². The molecule has 2 saturated heterocycles. The largest absolute Gasteiger partial charge is 0.395 e. The highest BCUT2D eigenvalue weighted by Crippen LogP contribution is 2.53. The first-order valence-corrected chi connectivity index (χ1v) is 13.1. The second kappa shape index (κ2) is 9.22. The molecule has 8 heteroatoms. The SMILES string of the molecule is Cc1cccc(C)c1N1CC=C[C@]23O[C@H]4C=CCN(c5ccccc5)C(=O)[C@H]4[C@H]2C(=O)N(CCO)C3C1=O. The number of carbonyl (C=O) groups is 3. The van der Waals surface area contributed by atoms with E-state index in [0.29, 0.717) is 13.1 Å². The van der Waals surface area contributed by atoms with E-state index >= 15 is 0 Å². The van der Waals surface area contributed by atoms with E-state index < -0.39 is 29.6 Å². The lowest BCUT2D eigenvalue weighted by Gasteiger charge is -2.35. The van der Waals surface area contributed by atoms with Crippen LogP contribution in [0.25, 0.3) is 0 Å². The Kier molecular flexibility index (Phi) is 5.96. The van der Waals surface area contributed by atoms with Gasteiger partial charge in [-0.25, -0.2) is 0 Å². The Labute approximate surface area is 221 Å². The summed E-state index contributed by atoms with van der Waals surface area (Å²) in [6.07, 6.45) is 6.80. The first kappa shape index (κ1) is 24.6. The Bertz CT molecular complexity index is 1330. The van der Waals surface area contributed by atoms with Gasteiger partial charge in [-0.05, 0) is 37.1 Å². The Morgan fingerprint density at radius 1 is 0.895 bits per heavy atom. The van der Waals surface area contributed by atoms with Gasteiger partial charge < -0.3 is 24.5 Å². The van der Waals surface area contributed by atoms with Crippen LogP contribution < -0.4 is 9.80 Å². The van der Waals surface area contributed by atoms with Crippen molar-refractivity contribution >= 4 is 29.1 Å². The fourth-order valence-electron chi connectivity index (χ4n) is 6.76. The lowest BCUT2D eigenvalue weighted by molar-refractivity contribution is -0.141. The molecule has 0 bridgehead atoms. The molecular formula is C30H31N3O5. The standard InChI is InChI=1S/C30H31N3O5/c1-19-9-6-10-20(2)25(19)32-16-8-14-30-24(28(36)33(17-18-34)26(30)29(32)37)23-22(38-30)13-7-15-31(27(23)35)21-11-4-3-5-12-21/h3-14,22-24,26,34H,15-18H2,1-2H3/t22-,23+,24-,26?,30-/m0/s1. The molecule has 4 heterocycles. The predicted molar refractivity (Wildman–Crippen MR) is 143 cm³/mol. The Hall–Kier alpha value is -3.75. The van der Waals surface area contributed by atoms with E-state index in [2.05, 4.69) is 0 Å². The summed E-state index contributed by atoms with van der Waals surface area (Å²) < 4.78 is 6.64. The molecule has 6 rings (SSSR count). The number of likely N-dealkylation sites (tertiary alicyclic amines) is 1. The van der Waals surface area contributed by atoms with E-state index in [0.717, 1.165) is 22.5 Å². The molecule has 4 aliphatic heterocycles. The number of aryl methyl sites for hydroxylation is 2. The number of ether oxygens (including phenoxy) is 1. The van der Waals surface area contributed by atoms with Gasteiger partial charge in [-0.15, -0.1) is 0 Å². The van der Waals surface area contributed by atoms with E-state index in [4.69, 9.17) is 4.74 Å². The molecule has 0 aromatic heterocycles. The van der Waals surface area contributed by atoms with E-state index in [1.165, 1.54) is 4.90 Å². The monoisotopic (exact) mass is 513 g/mol. The molecule has 4 aliphatic rings. The minimum Gasteiger partial charge on any atom is -0.395 e. The van der Waals surface area contributed by atoms with Crippen molar-refractivity contribution in [3.63, 3.8) is 0 Å². The number of hydrogen-bond donors (Lipinski definition) is 1. The summed E-state index contributed by atoms with van der Waals surface area (Å²) in [5, 5.41) is 9.88. The molecule has 1 spiro atoms. The number of para-hydroxylation sites is 2. The van der Waals surface area contributed by atoms with Gasteiger partial charge >= 0.3 is 0 Å². The molecular weight excluding hydrogens is 482 g/mol. The third kappa shape index (κ3) is 3.47. The van der Waals surface area contributed by atoms with Crippen LogP contribution in [0.5, 0.6) is 0 Å². The van der Waals surface area contributed by atoms with Crippen LogP contribution in [0.4, 0.5) is 11.4 Å². The van der Waals surface area contributed by atoms with Crippen molar-refractivity contribution in [3.05, 3.63) is 84.0 Å². The number of aliphatic hydroxyl groups is 1. The quantitative estimate of drug-likeness (QED) is 0.634. The number of rotatable bonds is 4. The van der Waals surface area contributed by atoms with Crippen LogP contribution in [0.15, 0.2) is 72.8 Å². The second-order valence-corrected chi connectivity index (χ2v) is 10.4. The maximum atomic E-state index is 14.4. The van der Waals surface area contributed by atoms with Gasteiger partial charge in [0.1, 0.15) is 11.6 Å². The van der Waals surface area contributed by atoms with E-state index in [1.807, 2.05) is 86.7 Å². The molecule has 2 fully saturated rings. The fraction of sp³-hybridized carbons (Fsp3) is 0.367. The van der Waals surface area contributed by atoms with Gasteiger partial charge in [0.2, 0.25) is 11.8 Å². The van der Waals surface area contributed by atoms with Crippen LogP contribution in [-0.4, -0.2) is 71.7 Å². The minimum atomic E-state index is -1.32. The molecule has 1 N–H and O–H groups in total. The molecule has 3 amide bonds. The average Bonchev–Trinajstić information content (AvgIpc) is 3.21. The van der Waals surface area contributed by atoms with Crippen molar-refractivity contribution in [2.24, 2.45) is 11.8 Å². The molecule has 0 radical (unpaired) electrons. The molecule has 8 nitrogen and oxygen atoms in total. The number of aliphatic hydroxyl groups excluding tert-OH is 1. The van der Waals surface area contributed by atoms with Gasteiger partial charge in [-0.3, -0.25) is 14.4 Å². The molecule has 5 atom stereocenters. The van der Waals surface area contributed by atoms with Gasteiger partial charge in [0.15, 0.2) is 0 Å². The third-order valence-electron chi connectivity index (χ3n) is 8.28. The Morgan fingerprint density at radius 3 is 2.32 bits per heavy atom. The summed E-state index contributed by atoms with van der Waals surface area (Å²) in [5.74, 6) is -2.50. The van der Waals surface area contributed by atoms with Crippen molar-refractivity contribution in [1.82, 2.24) is 4.90 Å². The van der Waals surface area contributed by atoms with Crippen LogP contribution >= 0.6 is 0 Å². The molecule has 0 saturated carbocycles. The lowest BCUT2D eigenvalue weighted by atomic mass is 9.77. The summed E-state index contributed by atoms with van der Waals surface area (Å²) in [6, 6.07) is 14.2. The third-order valence-corrected chi connectivity index (χ3v) is 8.28. The van der Waals surface area contributed by atoms with Crippen molar-refractivity contribution in [2.75, 3.05) is 36.0 Å². The van der Waals surface area contributed by atoms with Crippen molar-refractivity contribution in [3.8, 4) is 0 Å². The fourth-order valence-corrected chi connectivity index (χ4v) is 6.76. The first-order valence-electron chi connectivity index (χ1n) is 13.1. The van der Waals surface area contributed by atoms with Gasteiger partial charge in [0.05, 0.1) is 24.5 Å². The summed E-state index contributed by atoms with van der Waals surface area (Å²) in [5.41, 5.74) is 2.13. The van der Waals surface area contributed by atoms with Crippen molar-refractivity contribution in [2.45, 2.75) is 31.6 Å². The molecule has 196 valence electrons. The molecule has 2 aromatic carbocycles. The maximum Gasteiger partial charge on any atom is 0.253 e. The topological polar surface area (TPSA) is 90.4 Å². The lowest BCUT2D eigenvalue weighted by Crippen LogP contribution is -2.56. The number of benzene rings is 2. The molecule has 0 aliphatic carbocycles. The molecule has 1 unspecified atom stereocenters. The summed E-state index contributed by atoms with van der Waals surface area (Å²) in [6.45, 7) is 4.28. The van der Waals surface area contributed by atoms with Crippen LogP contribution in [-0.2, 0) is 19.1 Å². The second-order valence-electron chi connectivity index (χ2n) is 10.4. The highest BCUT2D eigenvalue weighted by Gasteiger charge is 2.71. The van der Waals surface area contributed by atoms with E-state index in [9.17, 15) is 19.5 Å². The van der Waals surface area contributed by atoms with Gasteiger partial charge in [0.25, 0.3) is 5.91 Å². The maximum absolute atomic E-state index is 14.4. The van der Waals surface area contributed by atoms with Crippen LogP contribution in [0.1, 0.15) is 11.1 Å². The highest BCUT2D eigenvalue weighted by atomic mass is 16.5. The number of carbonyl (C=O) groups excluding carboxylic acids is 3. The highest BCUT2D eigenvalue weighted by molar-refractivity contribution is 6.07. The summed E-state index contributed by atoms with van der Waals surface area (Å²) in [4.78, 5) is 47.3. The normalized spacial score (nSPS) is 30.3. The van der Waals surface area contributed by atoms with E-state index in [-0.39, 0.29) is 30.9 Å².